The SMILES string of the molecule is CC1=C(C(=O)OC(C)C)C(c2ccccc2OCc2ccc(Cl)cc2)n2ncnc2N1. The molecule has 160 valence electrons. The molecule has 0 spiro atoms. The summed E-state index contributed by atoms with van der Waals surface area (Å²) in [6.07, 6.45) is 1.21. The number of carbonyl (C=O) groups excluding carboxylic acids is 1. The third-order valence-corrected chi connectivity index (χ3v) is 5.13. The smallest absolute Gasteiger partial charge is 0.338 e. The molecule has 1 aliphatic heterocycles. The van der Waals surface area contributed by atoms with Gasteiger partial charge in [0.2, 0.25) is 5.95 Å². The van der Waals surface area contributed by atoms with Crippen LogP contribution in [0.3, 0.4) is 0 Å². The summed E-state index contributed by atoms with van der Waals surface area (Å²) in [6, 6.07) is 14.6. The first-order valence-corrected chi connectivity index (χ1v) is 10.4. The third kappa shape index (κ3) is 4.41. The Morgan fingerprint density at radius 2 is 1.94 bits per heavy atom. The number of benzene rings is 2. The Morgan fingerprint density at radius 3 is 2.68 bits per heavy atom. The van der Waals surface area contributed by atoms with Crippen molar-refractivity contribution in [1.82, 2.24) is 14.8 Å². The minimum atomic E-state index is -0.536. The second-order valence-corrected chi connectivity index (χ2v) is 7.94. The summed E-state index contributed by atoms with van der Waals surface area (Å²) in [5.74, 6) is 0.795. The molecule has 1 atom stereocenters. The van der Waals surface area contributed by atoms with Crippen molar-refractivity contribution in [2.24, 2.45) is 0 Å². The van der Waals surface area contributed by atoms with Crippen LogP contribution in [0.4, 0.5) is 5.95 Å². The fourth-order valence-electron chi connectivity index (χ4n) is 3.50. The standard InChI is InChI=1S/C23H23ClN4O3/c1-14(2)31-22(29)20-15(3)27-23-25-13-26-28(23)21(20)18-6-4-5-7-19(18)30-12-16-8-10-17(24)11-9-16/h4-11,13-14,21H,12H2,1-3H3,(H,25,26,27). The lowest BCUT2D eigenvalue weighted by atomic mass is 9.95. The predicted molar refractivity (Wildman–Crippen MR) is 118 cm³/mol. The van der Waals surface area contributed by atoms with Gasteiger partial charge in [-0.05, 0) is 44.5 Å². The van der Waals surface area contributed by atoms with Gasteiger partial charge < -0.3 is 14.8 Å². The van der Waals surface area contributed by atoms with E-state index in [4.69, 9.17) is 21.1 Å². The lowest BCUT2D eigenvalue weighted by molar-refractivity contribution is -0.143. The summed E-state index contributed by atoms with van der Waals surface area (Å²) in [5.41, 5.74) is 2.91. The van der Waals surface area contributed by atoms with E-state index >= 15 is 0 Å². The summed E-state index contributed by atoms with van der Waals surface area (Å²) in [5, 5.41) is 8.17. The molecule has 7 nitrogen and oxygen atoms in total. The number of anilines is 1. The molecule has 0 aliphatic carbocycles. The lowest BCUT2D eigenvalue weighted by Crippen LogP contribution is -2.30. The van der Waals surface area contributed by atoms with Gasteiger partial charge in [0.1, 0.15) is 24.7 Å². The maximum Gasteiger partial charge on any atom is 0.338 e. The summed E-state index contributed by atoms with van der Waals surface area (Å²) in [6.45, 7) is 5.84. The number of hydrogen-bond acceptors (Lipinski definition) is 6. The number of para-hydroxylation sites is 1. The minimum absolute atomic E-state index is 0.248. The number of ether oxygens (including phenoxy) is 2. The molecule has 0 saturated carbocycles. The third-order valence-electron chi connectivity index (χ3n) is 4.88. The molecule has 1 unspecified atom stereocenters. The Labute approximate surface area is 185 Å². The Kier molecular flexibility index (Phi) is 5.95. The van der Waals surface area contributed by atoms with Crippen LogP contribution in [0.15, 0.2) is 66.1 Å². The van der Waals surface area contributed by atoms with Crippen LogP contribution in [0, 0.1) is 0 Å². The van der Waals surface area contributed by atoms with Gasteiger partial charge in [0, 0.05) is 16.3 Å². The summed E-state index contributed by atoms with van der Waals surface area (Å²) < 4.78 is 13.4. The maximum absolute atomic E-state index is 13.0. The van der Waals surface area contributed by atoms with Crippen molar-refractivity contribution in [3.05, 3.63) is 82.3 Å². The van der Waals surface area contributed by atoms with Crippen LogP contribution in [0.2, 0.25) is 5.02 Å². The highest BCUT2D eigenvalue weighted by molar-refractivity contribution is 6.30. The van der Waals surface area contributed by atoms with Crippen molar-refractivity contribution in [3.63, 3.8) is 0 Å². The van der Waals surface area contributed by atoms with Gasteiger partial charge >= 0.3 is 5.97 Å². The fourth-order valence-corrected chi connectivity index (χ4v) is 3.63. The minimum Gasteiger partial charge on any atom is -0.489 e. The van der Waals surface area contributed by atoms with Gasteiger partial charge in [-0.3, -0.25) is 0 Å². The molecule has 0 radical (unpaired) electrons. The molecule has 4 rings (SSSR count). The molecule has 1 aromatic heterocycles. The van der Waals surface area contributed by atoms with Crippen LogP contribution in [0.25, 0.3) is 0 Å². The molecule has 1 N–H and O–H groups in total. The van der Waals surface area contributed by atoms with Crippen molar-refractivity contribution < 1.29 is 14.3 Å². The van der Waals surface area contributed by atoms with E-state index in [0.29, 0.717) is 34.6 Å². The van der Waals surface area contributed by atoms with Crippen LogP contribution in [-0.2, 0) is 16.1 Å². The Hall–Kier alpha value is -3.32. The Balaban J connectivity index is 1.72. The number of rotatable bonds is 6. The monoisotopic (exact) mass is 438 g/mol. The Bertz CT molecular complexity index is 1120. The van der Waals surface area contributed by atoms with Gasteiger partial charge in [-0.1, -0.05) is 41.9 Å². The van der Waals surface area contributed by atoms with E-state index < -0.39 is 12.0 Å². The normalized spacial score (nSPS) is 15.5. The zero-order chi connectivity index (χ0) is 22.0. The topological polar surface area (TPSA) is 78.3 Å². The van der Waals surface area contributed by atoms with Crippen LogP contribution in [-0.4, -0.2) is 26.8 Å². The molecule has 2 heterocycles. The number of carbonyl (C=O) groups is 1. The van der Waals surface area contributed by atoms with Crippen LogP contribution >= 0.6 is 11.6 Å². The molecule has 1 aliphatic rings. The van der Waals surface area contributed by atoms with Crippen molar-refractivity contribution in [3.8, 4) is 5.75 Å². The zero-order valence-electron chi connectivity index (χ0n) is 17.5. The predicted octanol–water partition coefficient (Wildman–Crippen LogP) is 4.75. The molecule has 3 aromatic rings. The van der Waals surface area contributed by atoms with Crippen LogP contribution in [0.1, 0.15) is 37.9 Å². The highest BCUT2D eigenvalue weighted by atomic mass is 35.5. The first kappa shape index (κ1) is 20.9. The van der Waals surface area contributed by atoms with Gasteiger partial charge in [-0.25, -0.2) is 9.48 Å². The van der Waals surface area contributed by atoms with E-state index in [1.807, 2.05) is 69.3 Å². The van der Waals surface area contributed by atoms with Gasteiger partial charge in [0.25, 0.3) is 0 Å². The number of nitrogens with zero attached hydrogens (tertiary/aromatic N) is 3. The van der Waals surface area contributed by atoms with E-state index in [0.717, 1.165) is 11.1 Å². The van der Waals surface area contributed by atoms with E-state index in [1.165, 1.54) is 6.33 Å². The van der Waals surface area contributed by atoms with E-state index in [-0.39, 0.29) is 6.10 Å². The first-order chi connectivity index (χ1) is 14.9. The molecule has 2 aromatic carbocycles. The van der Waals surface area contributed by atoms with Gasteiger partial charge in [0.15, 0.2) is 0 Å². The molecule has 0 bridgehead atoms. The number of aromatic nitrogens is 3. The molecular formula is C23H23ClN4O3. The fraction of sp³-hybridized carbons (Fsp3) is 0.261. The molecule has 31 heavy (non-hydrogen) atoms. The highest BCUT2D eigenvalue weighted by Gasteiger charge is 2.36. The quantitative estimate of drug-likeness (QED) is 0.559. The average Bonchev–Trinajstić information content (AvgIpc) is 3.20. The largest absolute Gasteiger partial charge is 0.489 e. The van der Waals surface area contributed by atoms with Crippen molar-refractivity contribution in [2.45, 2.75) is 39.5 Å². The Morgan fingerprint density at radius 1 is 1.19 bits per heavy atom. The number of nitrogens with one attached hydrogen (secondary N) is 1. The maximum atomic E-state index is 13.0. The zero-order valence-corrected chi connectivity index (χ0v) is 18.3. The number of allylic oxidation sites excluding steroid dienone is 1. The second-order valence-electron chi connectivity index (χ2n) is 7.50. The van der Waals surface area contributed by atoms with Crippen molar-refractivity contribution in [1.29, 1.82) is 0 Å². The van der Waals surface area contributed by atoms with Crippen molar-refractivity contribution >= 4 is 23.5 Å². The molecule has 8 heteroatoms. The molecule has 0 amide bonds. The average molecular weight is 439 g/mol. The molecular weight excluding hydrogens is 416 g/mol. The van der Waals surface area contributed by atoms with E-state index in [2.05, 4.69) is 15.4 Å². The summed E-state index contributed by atoms with van der Waals surface area (Å²) >= 11 is 5.98. The number of esters is 1. The van der Waals surface area contributed by atoms with E-state index in [9.17, 15) is 4.79 Å². The second kappa shape index (κ2) is 8.81. The molecule has 0 saturated heterocycles. The number of halogens is 1. The number of hydrogen-bond donors (Lipinski definition) is 1. The van der Waals surface area contributed by atoms with Gasteiger partial charge in [-0.15, -0.1) is 0 Å². The lowest BCUT2D eigenvalue weighted by Gasteiger charge is -2.29. The van der Waals surface area contributed by atoms with Crippen LogP contribution in [0.5, 0.6) is 5.75 Å². The van der Waals surface area contributed by atoms with E-state index in [1.54, 1.807) is 4.68 Å². The summed E-state index contributed by atoms with van der Waals surface area (Å²) in [4.78, 5) is 17.3. The van der Waals surface area contributed by atoms with Gasteiger partial charge in [-0.2, -0.15) is 10.1 Å². The van der Waals surface area contributed by atoms with Crippen molar-refractivity contribution in [2.75, 3.05) is 5.32 Å². The van der Waals surface area contributed by atoms with Gasteiger partial charge in [0.05, 0.1) is 11.7 Å². The highest BCUT2D eigenvalue weighted by Crippen LogP contribution is 2.39. The van der Waals surface area contributed by atoms with Crippen LogP contribution < -0.4 is 10.1 Å². The summed E-state index contributed by atoms with van der Waals surface area (Å²) in [7, 11) is 0. The first-order valence-electron chi connectivity index (χ1n) is 9.98. The number of fused-ring (bicyclic) bond motifs is 1. The molecule has 0 fully saturated rings.